The van der Waals surface area contributed by atoms with Gasteiger partial charge in [0.25, 0.3) is 5.91 Å². The van der Waals surface area contributed by atoms with Crippen LogP contribution in [0.2, 0.25) is 0 Å². The van der Waals surface area contributed by atoms with Crippen molar-refractivity contribution in [3.8, 4) is 0 Å². The zero-order valence-electron chi connectivity index (χ0n) is 12.2. The first kappa shape index (κ1) is 15.5. The van der Waals surface area contributed by atoms with Gasteiger partial charge in [0.05, 0.1) is 0 Å². The number of ether oxygens (including phenoxy) is 1. The first-order chi connectivity index (χ1) is 9.45. The Morgan fingerprint density at radius 1 is 1.30 bits per heavy atom. The Morgan fingerprint density at radius 2 is 1.85 bits per heavy atom. The predicted molar refractivity (Wildman–Crippen MR) is 82.9 cm³/mol. The van der Waals surface area contributed by atoms with Crippen LogP contribution in [0.4, 0.5) is 5.69 Å². The average molecular weight is 342 g/mol. The first-order valence-corrected chi connectivity index (χ1v) is 7.81. The van der Waals surface area contributed by atoms with Gasteiger partial charge in [0.1, 0.15) is 25.3 Å². The molecule has 0 spiro atoms. The molecule has 3 atom stereocenters. The zero-order valence-corrected chi connectivity index (χ0v) is 13.7. The van der Waals surface area contributed by atoms with E-state index in [0.29, 0.717) is 0 Å². The maximum absolute atomic E-state index is 12.3. The van der Waals surface area contributed by atoms with Crippen molar-refractivity contribution in [2.75, 3.05) is 18.4 Å². The van der Waals surface area contributed by atoms with E-state index >= 15 is 0 Å². The molecule has 2 rings (SSSR count). The Morgan fingerprint density at radius 3 is 2.40 bits per heavy atom. The lowest BCUT2D eigenvalue weighted by atomic mass is 10.1. The van der Waals surface area contributed by atoms with Crippen LogP contribution in [0.25, 0.3) is 0 Å². The Hall–Kier alpha value is -0.910. The van der Waals surface area contributed by atoms with Crippen LogP contribution in [0, 0.1) is 0 Å². The molecule has 0 aromatic heterocycles. The molecule has 1 aliphatic heterocycles. The molecule has 5 heteroatoms. The molecular formula is C15H22BrN2O2+. The number of carbonyl (C=O) groups excluding carboxylic acids is 1. The summed E-state index contributed by atoms with van der Waals surface area (Å²) in [5, 5.41) is 2.97. The van der Waals surface area contributed by atoms with Crippen LogP contribution in [0.3, 0.4) is 0 Å². The van der Waals surface area contributed by atoms with Crippen LogP contribution in [0.1, 0.15) is 20.8 Å². The predicted octanol–water partition coefficient (Wildman–Crippen LogP) is 1.47. The second-order valence-electron chi connectivity index (χ2n) is 5.54. The molecule has 1 heterocycles. The van der Waals surface area contributed by atoms with Gasteiger partial charge < -0.3 is 15.0 Å². The van der Waals surface area contributed by atoms with Gasteiger partial charge in [0.15, 0.2) is 6.04 Å². The number of halogens is 1. The Balaban J connectivity index is 1.96. The molecule has 0 radical (unpaired) electrons. The van der Waals surface area contributed by atoms with Crippen molar-refractivity contribution in [2.24, 2.45) is 0 Å². The van der Waals surface area contributed by atoms with Gasteiger partial charge in [-0.3, -0.25) is 4.79 Å². The molecule has 0 saturated carbocycles. The molecule has 1 aromatic carbocycles. The van der Waals surface area contributed by atoms with Gasteiger partial charge in [0.2, 0.25) is 0 Å². The minimum absolute atomic E-state index is 0.0589. The lowest BCUT2D eigenvalue weighted by Gasteiger charge is -2.35. The molecule has 4 nitrogen and oxygen atoms in total. The fourth-order valence-corrected chi connectivity index (χ4v) is 2.90. The third kappa shape index (κ3) is 4.04. The third-order valence-corrected chi connectivity index (χ3v) is 4.21. The number of hydrogen-bond donors (Lipinski definition) is 2. The van der Waals surface area contributed by atoms with E-state index in [1.165, 1.54) is 4.90 Å². The van der Waals surface area contributed by atoms with E-state index in [1.807, 2.05) is 31.2 Å². The molecule has 1 fully saturated rings. The topological polar surface area (TPSA) is 42.8 Å². The number of quaternary nitrogens is 1. The lowest BCUT2D eigenvalue weighted by molar-refractivity contribution is -0.928. The summed E-state index contributed by atoms with van der Waals surface area (Å²) in [7, 11) is 0. The van der Waals surface area contributed by atoms with E-state index in [4.69, 9.17) is 4.74 Å². The van der Waals surface area contributed by atoms with Crippen LogP contribution in [-0.4, -0.2) is 37.2 Å². The van der Waals surface area contributed by atoms with Gasteiger partial charge in [-0.1, -0.05) is 15.9 Å². The number of amides is 1. The lowest BCUT2D eigenvalue weighted by Crippen LogP contribution is -3.19. The van der Waals surface area contributed by atoms with Gasteiger partial charge in [-0.05, 0) is 45.0 Å². The Kier molecular flexibility index (Phi) is 5.18. The summed E-state index contributed by atoms with van der Waals surface area (Å²) in [5.41, 5.74) is 0.832. The highest BCUT2D eigenvalue weighted by Gasteiger charge is 2.32. The van der Waals surface area contributed by atoms with E-state index in [2.05, 4.69) is 35.1 Å². The summed E-state index contributed by atoms with van der Waals surface area (Å²) in [6, 6.07) is 7.56. The van der Waals surface area contributed by atoms with Gasteiger partial charge in [-0.25, -0.2) is 0 Å². The van der Waals surface area contributed by atoms with Gasteiger partial charge >= 0.3 is 0 Å². The summed E-state index contributed by atoms with van der Waals surface area (Å²) >= 11 is 3.39. The SMILES string of the molecule is C[C@@H]1C[NH+]([C@@H](C)C(=O)Nc2ccc(Br)cc2)C[C@@H](C)O1. The fraction of sp³-hybridized carbons (Fsp3) is 0.533. The van der Waals surface area contributed by atoms with Crippen molar-refractivity contribution in [3.05, 3.63) is 28.7 Å². The van der Waals surface area contributed by atoms with Crippen LogP contribution in [-0.2, 0) is 9.53 Å². The zero-order chi connectivity index (χ0) is 14.7. The number of morpholine rings is 1. The normalized spacial score (nSPS) is 27.9. The van der Waals surface area contributed by atoms with Gasteiger partial charge in [-0.15, -0.1) is 0 Å². The second kappa shape index (κ2) is 6.70. The maximum Gasteiger partial charge on any atom is 0.282 e. The molecule has 110 valence electrons. The Labute approximate surface area is 128 Å². The summed E-state index contributed by atoms with van der Waals surface area (Å²) < 4.78 is 6.72. The summed E-state index contributed by atoms with van der Waals surface area (Å²) in [6.07, 6.45) is 0.411. The van der Waals surface area contributed by atoms with Crippen molar-refractivity contribution in [1.29, 1.82) is 0 Å². The van der Waals surface area contributed by atoms with Gasteiger partial charge in [0, 0.05) is 10.2 Å². The van der Waals surface area contributed by atoms with Crippen molar-refractivity contribution in [1.82, 2.24) is 0 Å². The summed E-state index contributed by atoms with van der Waals surface area (Å²) in [6.45, 7) is 7.86. The monoisotopic (exact) mass is 341 g/mol. The minimum atomic E-state index is -0.0764. The molecule has 0 bridgehead atoms. The molecular weight excluding hydrogens is 320 g/mol. The van der Waals surface area contributed by atoms with E-state index in [9.17, 15) is 4.79 Å². The molecule has 1 aromatic rings. The quantitative estimate of drug-likeness (QED) is 0.874. The van der Waals surface area contributed by atoms with Crippen molar-refractivity contribution >= 4 is 27.5 Å². The highest BCUT2D eigenvalue weighted by Crippen LogP contribution is 2.14. The molecule has 0 aliphatic carbocycles. The second-order valence-corrected chi connectivity index (χ2v) is 6.46. The number of nitrogens with one attached hydrogen (secondary N) is 2. The van der Waals surface area contributed by atoms with Crippen molar-refractivity contribution < 1.29 is 14.4 Å². The molecule has 20 heavy (non-hydrogen) atoms. The van der Waals surface area contributed by atoms with Crippen LogP contribution in [0.15, 0.2) is 28.7 Å². The van der Waals surface area contributed by atoms with Crippen LogP contribution >= 0.6 is 15.9 Å². The molecule has 1 aliphatic rings. The van der Waals surface area contributed by atoms with E-state index in [-0.39, 0.29) is 24.2 Å². The Bertz CT molecular complexity index is 453. The average Bonchev–Trinajstić information content (AvgIpc) is 2.39. The third-order valence-electron chi connectivity index (χ3n) is 3.68. The van der Waals surface area contributed by atoms with E-state index in [0.717, 1.165) is 23.2 Å². The molecule has 1 saturated heterocycles. The van der Waals surface area contributed by atoms with Crippen LogP contribution < -0.4 is 10.2 Å². The van der Waals surface area contributed by atoms with Crippen LogP contribution in [0.5, 0.6) is 0 Å². The molecule has 0 unspecified atom stereocenters. The summed E-state index contributed by atoms with van der Waals surface area (Å²) in [4.78, 5) is 13.6. The fourth-order valence-electron chi connectivity index (χ4n) is 2.64. The minimum Gasteiger partial charge on any atom is -0.364 e. The smallest absolute Gasteiger partial charge is 0.282 e. The maximum atomic E-state index is 12.3. The molecule has 2 N–H and O–H groups in total. The van der Waals surface area contributed by atoms with E-state index < -0.39 is 0 Å². The highest BCUT2D eigenvalue weighted by atomic mass is 79.9. The van der Waals surface area contributed by atoms with Gasteiger partial charge in [-0.2, -0.15) is 0 Å². The standard InChI is InChI=1S/C15H21BrN2O2/c1-10-8-18(9-11(2)20-10)12(3)15(19)17-14-6-4-13(16)5-7-14/h4-7,10-12H,8-9H2,1-3H3,(H,17,19)/p+1/t10-,11-,12+/m1/s1. The first-order valence-electron chi connectivity index (χ1n) is 7.02. The largest absolute Gasteiger partial charge is 0.364 e. The number of carbonyl (C=O) groups is 1. The number of rotatable bonds is 3. The number of hydrogen-bond acceptors (Lipinski definition) is 2. The van der Waals surface area contributed by atoms with Crippen molar-refractivity contribution in [3.63, 3.8) is 0 Å². The van der Waals surface area contributed by atoms with E-state index in [1.54, 1.807) is 0 Å². The molecule has 1 amide bonds. The number of benzene rings is 1. The summed E-state index contributed by atoms with van der Waals surface area (Å²) in [5.74, 6) is 0.0589. The van der Waals surface area contributed by atoms with Crippen molar-refractivity contribution in [2.45, 2.75) is 39.0 Å². The highest BCUT2D eigenvalue weighted by molar-refractivity contribution is 9.10. The number of anilines is 1.